The third-order valence-electron chi connectivity index (χ3n) is 4.37. The molecule has 2 aromatic rings. The Kier molecular flexibility index (Phi) is 5.39. The maximum atomic E-state index is 13.1. The second kappa shape index (κ2) is 7.54. The minimum absolute atomic E-state index is 0.0665. The van der Waals surface area contributed by atoms with E-state index in [9.17, 15) is 12.8 Å². The Labute approximate surface area is 148 Å². The Morgan fingerprint density at radius 1 is 1.04 bits per heavy atom. The molecule has 1 fully saturated rings. The van der Waals surface area contributed by atoms with Crippen molar-refractivity contribution in [2.75, 3.05) is 12.9 Å². The van der Waals surface area contributed by atoms with Gasteiger partial charge in [0.2, 0.25) is 10.0 Å². The Hall–Kier alpha value is -1.92. The zero-order chi connectivity index (χ0) is 17.9. The molecule has 0 radical (unpaired) electrons. The van der Waals surface area contributed by atoms with Crippen LogP contribution in [0.1, 0.15) is 24.0 Å². The molecular formula is C19H22FNO3S. The summed E-state index contributed by atoms with van der Waals surface area (Å²) in [5, 5.41) is 0. The van der Waals surface area contributed by atoms with Crippen LogP contribution in [0, 0.1) is 5.82 Å². The van der Waals surface area contributed by atoms with Crippen LogP contribution >= 0.6 is 0 Å². The summed E-state index contributed by atoms with van der Waals surface area (Å²) < 4.78 is 45.4. The Balaban J connectivity index is 1.67. The van der Waals surface area contributed by atoms with Gasteiger partial charge in [-0.1, -0.05) is 24.3 Å². The van der Waals surface area contributed by atoms with Crippen molar-refractivity contribution in [2.24, 2.45) is 0 Å². The van der Waals surface area contributed by atoms with Crippen molar-refractivity contribution in [1.82, 2.24) is 4.31 Å². The predicted octanol–water partition coefficient (Wildman–Crippen LogP) is 3.37. The number of nitrogens with zero attached hydrogens (tertiary/aromatic N) is 1. The van der Waals surface area contributed by atoms with Crippen LogP contribution in [0.2, 0.25) is 0 Å². The van der Waals surface area contributed by atoms with Gasteiger partial charge in [0.1, 0.15) is 11.6 Å². The Morgan fingerprint density at radius 3 is 2.20 bits per heavy atom. The SMILES string of the molecule is COc1ccc(CCS(=O)(=O)N(Cc2ccc(F)cc2)C2CC2)cc1. The summed E-state index contributed by atoms with van der Waals surface area (Å²) in [6.07, 6.45) is 2.24. The van der Waals surface area contributed by atoms with Gasteiger partial charge in [-0.3, -0.25) is 0 Å². The zero-order valence-corrected chi connectivity index (χ0v) is 15.0. The van der Waals surface area contributed by atoms with Crippen LogP contribution in [-0.4, -0.2) is 31.6 Å². The second-order valence-electron chi connectivity index (χ2n) is 6.32. The number of ether oxygens (including phenoxy) is 1. The normalized spacial score (nSPS) is 14.7. The van der Waals surface area contributed by atoms with E-state index in [0.29, 0.717) is 13.0 Å². The monoisotopic (exact) mass is 363 g/mol. The average Bonchev–Trinajstić information content (AvgIpc) is 3.44. The molecule has 4 nitrogen and oxygen atoms in total. The number of sulfonamides is 1. The van der Waals surface area contributed by atoms with Gasteiger partial charge in [-0.15, -0.1) is 0 Å². The van der Waals surface area contributed by atoms with Gasteiger partial charge in [0.25, 0.3) is 0 Å². The van der Waals surface area contributed by atoms with Crippen LogP contribution in [0.3, 0.4) is 0 Å². The molecule has 0 spiro atoms. The summed E-state index contributed by atoms with van der Waals surface area (Å²) in [5.74, 6) is 0.503. The first kappa shape index (κ1) is 17.9. The third kappa shape index (κ3) is 4.80. The number of methoxy groups -OCH3 is 1. The maximum absolute atomic E-state index is 13.1. The quantitative estimate of drug-likeness (QED) is 0.722. The number of aryl methyl sites for hydroxylation is 1. The van der Waals surface area contributed by atoms with Gasteiger partial charge in [-0.2, -0.15) is 4.31 Å². The van der Waals surface area contributed by atoms with E-state index >= 15 is 0 Å². The molecule has 0 heterocycles. The molecule has 0 aliphatic heterocycles. The Morgan fingerprint density at radius 2 is 1.64 bits per heavy atom. The molecule has 0 N–H and O–H groups in total. The van der Waals surface area contributed by atoms with Gasteiger partial charge in [0, 0.05) is 12.6 Å². The lowest BCUT2D eigenvalue weighted by Gasteiger charge is -2.22. The van der Waals surface area contributed by atoms with Crippen molar-refractivity contribution in [1.29, 1.82) is 0 Å². The average molecular weight is 363 g/mol. The first-order chi connectivity index (χ1) is 12.0. The van der Waals surface area contributed by atoms with Gasteiger partial charge in [0.15, 0.2) is 0 Å². The lowest BCUT2D eigenvalue weighted by atomic mass is 10.2. The molecule has 0 atom stereocenters. The first-order valence-electron chi connectivity index (χ1n) is 8.35. The van der Waals surface area contributed by atoms with Gasteiger partial charge >= 0.3 is 0 Å². The molecule has 1 aliphatic rings. The van der Waals surface area contributed by atoms with Crippen molar-refractivity contribution in [3.8, 4) is 5.75 Å². The molecule has 0 saturated heterocycles. The summed E-state index contributed by atoms with van der Waals surface area (Å²) in [6, 6.07) is 13.5. The number of halogens is 1. The van der Waals surface area contributed by atoms with E-state index in [1.807, 2.05) is 24.3 Å². The van der Waals surface area contributed by atoms with E-state index in [1.165, 1.54) is 12.1 Å². The lowest BCUT2D eigenvalue weighted by Crippen LogP contribution is -2.35. The summed E-state index contributed by atoms with van der Waals surface area (Å²) >= 11 is 0. The van der Waals surface area contributed by atoms with E-state index in [0.717, 1.165) is 29.7 Å². The smallest absolute Gasteiger partial charge is 0.214 e. The summed E-state index contributed by atoms with van der Waals surface area (Å²) in [6.45, 7) is 0.301. The standard InChI is InChI=1S/C19H22FNO3S/c1-24-19-10-4-15(5-11-19)12-13-25(22,23)21(18-8-9-18)14-16-2-6-17(20)7-3-16/h2-7,10-11,18H,8-9,12-14H2,1H3. The molecule has 0 bridgehead atoms. The molecule has 2 aromatic carbocycles. The van der Waals surface area contributed by atoms with Crippen molar-refractivity contribution in [2.45, 2.75) is 31.8 Å². The molecule has 1 saturated carbocycles. The largest absolute Gasteiger partial charge is 0.497 e. The second-order valence-corrected chi connectivity index (χ2v) is 8.36. The van der Waals surface area contributed by atoms with E-state index in [-0.39, 0.29) is 17.6 Å². The number of rotatable bonds is 8. The maximum Gasteiger partial charge on any atom is 0.214 e. The van der Waals surface area contributed by atoms with Crippen LogP contribution in [-0.2, 0) is 23.0 Å². The molecule has 134 valence electrons. The van der Waals surface area contributed by atoms with Crippen LogP contribution in [0.25, 0.3) is 0 Å². The van der Waals surface area contributed by atoms with Gasteiger partial charge in [0.05, 0.1) is 12.9 Å². The summed E-state index contributed by atoms with van der Waals surface area (Å²) in [4.78, 5) is 0. The summed E-state index contributed by atoms with van der Waals surface area (Å²) in [7, 11) is -1.77. The highest BCUT2D eigenvalue weighted by Crippen LogP contribution is 2.31. The van der Waals surface area contributed by atoms with Gasteiger partial charge in [-0.05, 0) is 54.7 Å². The zero-order valence-electron chi connectivity index (χ0n) is 14.2. The van der Waals surface area contributed by atoms with Crippen LogP contribution in [0.4, 0.5) is 4.39 Å². The van der Waals surface area contributed by atoms with E-state index in [4.69, 9.17) is 4.74 Å². The van der Waals surface area contributed by atoms with Crippen LogP contribution in [0.5, 0.6) is 5.75 Å². The highest BCUT2D eigenvalue weighted by molar-refractivity contribution is 7.89. The van der Waals surface area contributed by atoms with Crippen LogP contribution in [0.15, 0.2) is 48.5 Å². The molecule has 0 aromatic heterocycles. The van der Waals surface area contributed by atoms with Crippen molar-refractivity contribution in [3.63, 3.8) is 0 Å². The van der Waals surface area contributed by atoms with Gasteiger partial charge < -0.3 is 4.74 Å². The lowest BCUT2D eigenvalue weighted by molar-refractivity contribution is 0.398. The third-order valence-corrected chi connectivity index (χ3v) is 6.23. The molecule has 0 unspecified atom stereocenters. The minimum atomic E-state index is -3.37. The molecule has 3 rings (SSSR count). The molecular weight excluding hydrogens is 341 g/mol. The fraction of sp³-hybridized carbons (Fsp3) is 0.368. The van der Waals surface area contributed by atoms with E-state index in [1.54, 1.807) is 23.5 Å². The summed E-state index contributed by atoms with van der Waals surface area (Å²) in [5.41, 5.74) is 1.77. The minimum Gasteiger partial charge on any atom is -0.497 e. The van der Waals surface area contributed by atoms with E-state index < -0.39 is 10.0 Å². The number of benzene rings is 2. The van der Waals surface area contributed by atoms with Gasteiger partial charge in [-0.25, -0.2) is 12.8 Å². The fourth-order valence-corrected chi connectivity index (χ4v) is 4.48. The van der Waals surface area contributed by atoms with E-state index in [2.05, 4.69) is 0 Å². The van der Waals surface area contributed by atoms with Crippen molar-refractivity contribution >= 4 is 10.0 Å². The number of hydrogen-bond donors (Lipinski definition) is 0. The highest BCUT2D eigenvalue weighted by Gasteiger charge is 2.36. The first-order valence-corrected chi connectivity index (χ1v) is 9.96. The van der Waals surface area contributed by atoms with Crippen molar-refractivity contribution in [3.05, 3.63) is 65.5 Å². The van der Waals surface area contributed by atoms with Crippen LogP contribution < -0.4 is 4.74 Å². The predicted molar refractivity (Wildman–Crippen MR) is 95.4 cm³/mol. The highest BCUT2D eigenvalue weighted by atomic mass is 32.2. The topological polar surface area (TPSA) is 46.6 Å². The molecule has 0 amide bonds. The molecule has 25 heavy (non-hydrogen) atoms. The Bertz CT molecular complexity index is 800. The molecule has 1 aliphatic carbocycles. The molecule has 6 heteroatoms. The fourth-order valence-electron chi connectivity index (χ4n) is 2.74. The number of hydrogen-bond acceptors (Lipinski definition) is 3. The van der Waals surface area contributed by atoms with Crippen molar-refractivity contribution < 1.29 is 17.5 Å².